The number of methoxy groups -OCH3 is 1. The zero-order chi connectivity index (χ0) is 15.8. The Morgan fingerprint density at radius 2 is 1.55 bits per heavy atom. The summed E-state index contributed by atoms with van der Waals surface area (Å²) in [5.74, 6) is 1.63. The Morgan fingerprint density at radius 3 is 2.14 bits per heavy atom. The van der Waals surface area contributed by atoms with Gasteiger partial charge in [0.15, 0.2) is 0 Å². The van der Waals surface area contributed by atoms with Crippen LogP contribution in [0.25, 0.3) is 0 Å². The quantitative estimate of drug-likeness (QED) is 0.855. The smallest absolute Gasteiger partial charge is 0.224 e. The lowest BCUT2D eigenvalue weighted by atomic mass is 10.1. The Morgan fingerprint density at radius 1 is 0.955 bits per heavy atom. The van der Waals surface area contributed by atoms with Crippen molar-refractivity contribution in [3.05, 3.63) is 59.7 Å². The van der Waals surface area contributed by atoms with Crippen molar-refractivity contribution in [1.82, 2.24) is 5.32 Å². The lowest BCUT2D eigenvalue weighted by molar-refractivity contribution is -0.120. The number of amides is 1. The second-order valence-corrected chi connectivity index (χ2v) is 4.88. The second kappa shape index (κ2) is 8.08. The van der Waals surface area contributed by atoms with Gasteiger partial charge in [0.2, 0.25) is 5.91 Å². The number of carbonyl (C=O) groups excluding carboxylic acids is 1. The molecule has 0 atom stereocenters. The van der Waals surface area contributed by atoms with Crippen LogP contribution in [0.3, 0.4) is 0 Å². The standard InChI is InChI=1S/C18H21NO3/c1-3-22-17-10-4-14(5-11-17)12-18(20)19-13-15-6-8-16(21-2)9-7-15/h4-11H,3,12-13H2,1-2H3,(H,19,20). The molecule has 2 rings (SSSR count). The van der Waals surface area contributed by atoms with Crippen LogP contribution in [0.15, 0.2) is 48.5 Å². The van der Waals surface area contributed by atoms with Gasteiger partial charge in [-0.15, -0.1) is 0 Å². The van der Waals surface area contributed by atoms with E-state index in [1.54, 1.807) is 7.11 Å². The summed E-state index contributed by atoms with van der Waals surface area (Å²) in [4.78, 5) is 12.0. The van der Waals surface area contributed by atoms with Crippen LogP contribution >= 0.6 is 0 Å². The number of hydrogen-bond acceptors (Lipinski definition) is 3. The second-order valence-electron chi connectivity index (χ2n) is 4.88. The average Bonchev–Trinajstić information content (AvgIpc) is 2.55. The molecule has 22 heavy (non-hydrogen) atoms. The molecular weight excluding hydrogens is 278 g/mol. The largest absolute Gasteiger partial charge is 0.497 e. The molecule has 0 heterocycles. The molecule has 4 heteroatoms. The van der Waals surface area contributed by atoms with Crippen molar-refractivity contribution in [2.24, 2.45) is 0 Å². The molecule has 4 nitrogen and oxygen atoms in total. The van der Waals surface area contributed by atoms with Crippen LogP contribution in [0.5, 0.6) is 11.5 Å². The van der Waals surface area contributed by atoms with Crippen LogP contribution in [-0.4, -0.2) is 19.6 Å². The van der Waals surface area contributed by atoms with Crippen molar-refractivity contribution in [2.75, 3.05) is 13.7 Å². The lowest BCUT2D eigenvalue weighted by Gasteiger charge is -2.07. The first-order valence-electron chi connectivity index (χ1n) is 7.32. The normalized spacial score (nSPS) is 10.1. The van der Waals surface area contributed by atoms with Gasteiger partial charge in [0.1, 0.15) is 11.5 Å². The summed E-state index contributed by atoms with van der Waals surface area (Å²) >= 11 is 0. The molecule has 0 bridgehead atoms. The third kappa shape index (κ3) is 4.81. The van der Waals surface area contributed by atoms with Crippen molar-refractivity contribution in [3.8, 4) is 11.5 Å². The maximum Gasteiger partial charge on any atom is 0.224 e. The zero-order valence-electron chi connectivity index (χ0n) is 13.0. The Hall–Kier alpha value is -2.49. The molecule has 1 amide bonds. The molecule has 1 N–H and O–H groups in total. The minimum atomic E-state index is -0.0000204. The summed E-state index contributed by atoms with van der Waals surface area (Å²) in [6.45, 7) is 3.10. The summed E-state index contributed by atoms with van der Waals surface area (Å²) in [5, 5.41) is 2.91. The van der Waals surface area contributed by atoms with E-state index < -0.39 is 0 Å². The predicted molar refractivity (Wildman–Crippen MR) is 86.2 cm³/mol. The molecule has 2 aromatic rings. The number of nitrogens with one attached hydrogen (secondary N) is 1. The summed E-state index contributed by atoms with van der Waals surface area (Å²) in [7, 11) is 1.63. The van der Waals surface area contributed by atoms with E-state index in [9.17, 15) is 4.79 Å². The molecule has 0 aliphatic rings. The SMILES string of the molecule is CCOc1ccc(CC(=O)NCc2ccc(OC)cc2)cc1. The van der Waals surface area contributed by atoms with Gasteiger partial charge in [0.05, 0.1) is 20.1 Å². The molecule has 0 radical (unpaired) electrons. The van der Waals surface area contributed by atoms with Crippen molar-refractivity contribution in [2.45, 2.75) is 19.9 Å². The summed E-state index contributed by atoms with van der Waals surface area (Å²) in [6, 6.07) is 15.2. The van der Waals surface area contributed by atoms with Crippen LogP contribution in [0.1, 0.15) is 18.1 Å². The molecule has 0 spiro atoms. The first kappa shape index (κ1) is 15.9. The van der Waals surface area contributed by atoms with Gasteiger partial charge < -0.3 is 14.8 Å². The molecule has 2 aromatic carbocycles. The van der Waals surface area contributed by atoms with E-state index in [4.69, 9.17) is 9.47 Å². The van der Waals surface area contributed by atoms with Crippen LogP contribution in [0.4, 0.5) is 0 Å². The van der Waals surface area contributed by atoms with Gasteiger partial charge in [0.25, 0.3) is 0 Å². The monoisotopic (exact) mass is 299 g/mol. The van der Waals surface area contributed by atoms with Crippen LogP contribution in [0, 0.1) is 0 Å². The molecule has 0 aliphatic heterocycles. The molecule has 0 aliphatic carbocycles. The highest BCUT2D eigenvalue weighted by Crippen LogP contribution is 2.13. The highest BCUT2D eigenvalue weighted by Gasteiger charge is 2.04. The van der Waals surface area contributed by atoms with Gasteiger partial charge in [-0.3, -0.25) is 4.79 Å². The van der Waals surface area contributed by atoms with E-state index in [-0.39, 0.29) is 5.91 Å². The Balaban J connectivity index is 1.81. The first-order valence-corrected chi connectivity index (χ1v) is 7.32. The average molecular weight is 299 g/mol. The fourth-order valence-corrected chi connectivity index (χ4v) is 2.06. The van der Waals surface area contributed by atoms with Crippen LogP contribution in [-0.2, 0) is 17.8 Å². The van der Waals surface area contributed by atoms with E-state index in [0.717, 1.165) is 22.6 Å². The third-order valence-corrected chi connectivity index (χ3v) is 3.25. The number of hydrogen-bond donors (Lipinski definition) is 1. The van der Waals surface area contributed by atoms with E-state index in [1.807, 2.05) is 55.5 Å². The van der Waals surface area contributed by atoms with Crippen molar-refractivity contribution in [1.29, 1.82) is 0 Å². The molecule has 0 aromatic heterocycles. The molecular formula is C18H21NO3. The molecule has 116 valence electrons. The van der Waals surface area contributed by atoms with Crippen LogP contribution < -0.4 is 14.8 Å². The molecule has 0 unspecified atom stereocenters. The van der Waals surface area contributed by atoms with Gasteiger partial charge in [0, 0.05) is 6.54 Å². The predicted octanol–water partition coefficient (Wildman–Crippen LogP) is 2.95. The summed E-state index contributed by atoms with van der Waals surface area (Å²) in [5.41, 5.74) is 2.01. The highest BCUT2D eigenvalue weighted by atomic mass is 16.5. The summed E-state index contributed by atoms with van der Waals surface area (Å²) < 4.78 is 10.5. The van der Waals surface area contributed by atoms with E-state index in [1.165, 1.54) is 0 Å². The minimum absolute atomic E-state index is 0.0000204. The fourth-order valence-electron chi connectivity index (χ4n) is 2.06. The topological polar surface area (TPSA) is 47.6 Å². The van der Waals surface area contributed by atoms with Gasteiger partial charge >= 0.3 is 0 Å². The Bertz CT molecular complexity index is 591. The van der Waals surface area contributed by atoms with Crippen molar-refractivity contribution >= 4 is 5.91 Å². The first-order chi connectivity index (χ1) is 10.7. The molecule has 0 saturated heterocycles. The van der Waals surface area contributed by atoms with E-state index in [0.29, 0.717) is 19.6 Å². The van der Waals surface area contributed by atoms with E-state index in [2.05, 4.69) is 5.32 Å². The number of carbonyl (C=O) groups is 1. The molecule has 0 saturated carbocycles. The van der Waals surface area contributed by atoms with Crippen molar-refractivity contribution in [3.63, 3.8) is 0 Å². The van der Waals surface area contributed by atoms with Crippen LogP contribution in [0.2, 0.25) is 0 Å². The number of rotatable bonds is 7. The van der Waals surface area contributed by atoms with Gasteiger partial charge in [-0.1, -0.05) is 24.3 Å². The lowest BCUT2D eigenvalue weighted by Crippen LogP contribution is -2.24. The van der Waals surface area contributed by atoms with Crippen molar-refractivity contribution < 1.29 is 14.3 Å². The van der Waals surface area contributed by atoms with E-state index >= 15 is 0 Å². The Labute approximate surface area is 131 Å². The van der Waals surface area contributed by atoms with Gasteiger partial charge in [-0.25, -0.2) is 0 Å². The van der Waals surface area contributed by atoms with Gasteiger partial charge in [-0.2, -0.15) is 0 Å². The van der Waals surface area contributed by atoms with Gasteiger partial charge in [-0.05, 0) is 42.3 Å². The minimum Gasteiger partial charge on any atom is -0.497 e. The molecule has 0 fully saturated rings. The summed E-state index contributed by atoms with van der Waals surface area (Å²) in [6.07, 6.45) is 0.364. The Kier molecular flexibility index (Phi) is 5.83. The maximum absolute atomic E-state index is 12.0. The zero-order valence-corrected chi connectivity index (χ0v) is 13.0. The number of ether oxygens (including phenoxy) is 2. The fraction of sp³-hybridized carbons (Fsp3) is 0.278. The number of benzene rings is 2. The maximum atomic E-state index is 12.0. The highest BCUT2D eigenvalue weighted by molar-refractivity contribution is 5.78. The third-order valence-electron chi connectivity index (χ3n) is 3.25.